The lowest BCUT2D eigenvalue weighted by Gasteiger charge is -1.97. The fourth-order valence-electron chi connectivity index (χ4n) is 1.15. The van der Waals surface area contributed by atoms with Crippen molar-refractivity contribution >= 4 is 32.9 Å². The van der Waals surface area contributed by atoms with Crippen LogP contribution in [0.2, 0.25) is 0 Å². The maximum atomic E-state index is 10.9. The Morgan fingerprint density at radius 1 is 1.54 bits per heavy atom. The molecule has 66 valence electrons. The molecule has 0 aliphatic carbocycles. The molecule has 0 saturated carbocycles. The Morgan fingerprint density at radius 2 is 2.31 bits per heavy atom. The summed E-state index contributed by atoms with van der Waals surface area (Å²) in [5.74, 6) is -0.447. The monoisotopic (exact) mass is 239 g/mol. The summed E-state index contributed by atoms with van der Waals surface area (Å²) >= 11 is 3.30. The van der Waals surface area contributed by atoms with Gasteiger partial charge in [0.1, 0.15) is 5.52 Å². The normalized spacial score (nSPS) is 10.5. The first-order valence-corrected chi connectivity index (χ1v) is 4.40. The highest BCUT2D eigenvalue weighted by Gasteiger charge is 2.07. The molecule has 0 radical (unpaired) electrons. The van der Waals surface area contributed by atoms with E-state index in [0.717, 1.165) is 15.5 Å². The number of primary amides is 1. The lowest BCUT2D eigenvalue weighted by Crippen LogP contribution is -2.10. The summed E-state index contributed by atoms with van der Waals surface area (Å²) in [6.45, 7) is 0. The number of fused-ring (bicyclic) bond motifs is 1. The van der Waals surface area contributed by atoms with Gasteiger partial charge >= 0.3 is 0 Å². The predicted molar refractivity (Wildman–Crippen MR) is 52.3 cm³/mol. The smallest absolute Gasteiger partial charge is 0.248 e. The number of aromatic nitrogens is 2. The third-order valence-corrected chi connectivity index (χ3v) is 2.37. The minimum atomic E-state index is -0.447. The minimum absolute atomic E-state index is 0.447. The van der Waals surface area contributed by atoms with E-state index in [1.54, 1.807) is 18.5 Å². The number of imidazole rings is 1. The number of hydrogen-bond donors (Lipinski definition) is 2. The Kier molecular flexibility index (Phi) is 1.81. The van der Waals surface area contributed by atoms with Crippen LogP contribution in [0.1, 0.15) is 10.4 Å². The number of carbonyl (C=O) groups excluding carboxylic acids is 1. The van der Waals surface area contributed by atoms with Gasteiger partial charge in [-0.15, -0.1) is 0 Å². The van der Waals surface area contributed by atoms with Crippen LogP contribution < -0.4 is 5.73 Å². The summed E-state index contributed by atoms with van der Waals surface area (Å²) in [6, 6.07) is 3.33. The molecule has 1 aromatic carbocycles. The molecule has 3 N–H and O–H groups in total. The minimum Gasteiger partial charge on any atom is -0.366 e. The molecule has 0 bridgehead atoms. The molecule has 2 rings (SSSR count). The van der Waals surface area contributed by atoms with E-state index >= 15 is 0 Å². The Hall–Kier alpha value is -1.36. The van der Waals surface area contributed by atoms with Gasteiger partial charge < -0.3 is 10.7 Å². The standard InChI is InChI=1S/C8H6BrN3O/c9-5-1-4(8(10)13)2-6-7(5)12-3-11-6/h1-3H,(H2,10,13)(H,11,12). The van der Waals surface area contributed by atoms with Crippen LogP contribution in [-0.2, 0) is 0 Å². The topological polar surface area (TPSA) is 71.8 Å². The van der Waals surface area contributed by atoms with E-state index in [1.165, 1.54) is 0 Å². The van der Waals surface area contributed by atoms with Crippen LogP contribution in [0.25, 0.3) is 11.0 Å². The zero-order valence-electron chi connectivity index (χ0n) is 6.54. The number of benzene rings is 1. The molecule has 0 saturated heterocycles. The van der Waals surface area contributed by atoms with Crippen molar-refractivity contribution in [3.63, 3.8) is 0 Å². The Balaban J connectivity index is 2.77. The molecule has 4 nitrogen and oxygen atoms in total. The summed E-state index contributed by atoms with van der Waals surface area (Å²) in [4.78, 5) is 17.9. The number of amides is 1. The van der Waals surface area contributed by atoms with Crippen LogP contribution in [0.4, 0.5) is 0 Å². The summed E-state index contributed by atoms with van der Waals surface area (Å²) < 4.78 is 0.764. The van der Waals surface area contributed by atoms with Gasteiger partial charge in [0.05, 0.1) is 11.8 Å². The number of rotatable bonds is 1. The van der Waals surface area contributed by atoms with Crippen molar-refractivity contribution in [3.8, 4) is 0 Å². The fourth-order valence-corrected chi connectivity index (χ4v) is 1.71. The third kappa shape index (κ3) is 1.31. The van der Waals surface area contributed by atoms with E-state index in [0.29, 0.717) is 5.56 Å². The van der Waals surface area contributed by atoms with Crippen molar-refractivity contribution < 1.29 is 4.79 Å². The molecular formula is C8H6BrN3O. The molecule has 2 aromatic rings. The summed E-state index contributed by atoms with van der Waals surface area (Å²) in [6.07, 6.45) is 1.57. The van der Waals surface area contributed by atoms with Gasteiger partial charge in [-0.05, 0) is 28.1 Å². The fraction of sp³-hybridized carbons (Fsp3) is 0. The molecule has 0 aliphatic heterocycles. The van der Waals surface area contributed by atoms with Gasteiger partial charge in [-0.25, -0.2) is 4.98 Å². The Morgan fingerprint density at radius 3 is 3.00 bits per heavy atom. The van der Waals surface area contributed by atoms with Gasteiger partial charge in [-0.3, -0.25) is 4.79 Å². The highest BCUT2D eigenvalue weighted by atomic mass is 79.9. The predicted octanol–water partition coefficient (Wildman–Crippen LogP) is 1.42. The molecule has 0 fully saturated rings. The molecule has 1 heterocycles. The van der Waals surface area contributed by atoms with Gasteiger partial charge in [-0.2, -0.15) is 0 Å². The van der Waals surface area contributed by atoms with Crippen LogP contribution in [-0.4, -0.2) is 15.9 Å². The van der Waals surface area contributed by atoms with E-state index in [4.69, 9.17) is 5.73 Å². The van der Waals surface area contributed by atoms with Crippen LogP contribution in [0.15, 0.2) is 22.9 Å². The number of nitrogens with two attached hydrogens (primary N) is 1. The molecule has 0 spiro atoms. The van der Waals surface area contributed by atoms with Crippen LogP contribution in [0.5, 0.6) is 0 Å². The number of carbonyl (C=O) groups is 1. The summed E-state index contributed by atoms with van der Waals surface area (Å²) in [7, 11) is 0. The number of nitrogens with zero attached hydrogens (tertiary/aromatic N) is 1. The van der Waals surface area contributed by atoms with E-state index in [1.807, 2.05) is 0 Å². The van der Waals surface area contributed by atoms with Crippen molar-refractivity contribution in [2.75, 3.05) is 0 Å². The number of hydrogen-bond acceptors (Lipinski definition) is 2. The van der Waals surface area contributed by atoms with Gasteiger partial charge in [-0.1, -0.05) is 0 Å². The summed E-state index contributed by atoms with van der Waals surface area (Å²) in [5.41, 5.74) is 7.20. The van der Waals surface area contributed by atoms with Crippen LogP contribution in [0.3, 0.4) is 0 Å². The molecule has 1 aromatic heterocycles. The Bertz CT molecular complexity index is 477. The number of aromatic amines is 1. The molecule has 1 amide bonds. The largest absolute Gasteiger partial charge is 0.366 e. The maximum absolute atomic E-state index is 10.9. The first kappa shape index (κ1) is 8.25. The molecule has 0 atom stereocenters. The van der Waals surface area contributed by atoms with Gasteiger partial charge in [0, 0.05) is 10.0 Å². The molecule has 13 heavy (non-hydrogen) atoms. The van der Waals surface area contributed by atoms with Gasteiger partial charge in [0.25, 0.3) is 0 Å². The quantitative estimate of drug-likeness (QED) is 0.791. The number of halogens is 1. The maximum Gasteiger partial charge on any atom is 0.248 e. The number of H-pyrrole nitrogens is 1. The average Bonchev–Trinajstić information content (AvgIpc) is 2.51. The number of nitrogens with one attached hydrogen (secondary N) is 1. The van der Waals surface area contributed by atoms with E-state index in [2.05, 4.69) is 25.9 Å². The van der Waals surface area contributed by atoms with E-state index in [-0.39, 0.29) is 0 Å². The van der Waals surface area contributed by atoms with Crippen molar-refractivity contribution in [3.05, 3.63) is 28.5 Å². The second-order valence-corrected chi connectivity index (χ2v) is 3.48. The van der Waals surface area contributed by atoms with Gasteiger partial charge in [0.2, 0.25) is 5.91 Å². The van der Waals surface area contributed by atoms with Gasteiger partial charge in [0.15, 0.2) is 0 Å². The van der Waals surface area contributed by atoms with Crippen molar-refractivity contribution in [2.24, 2.45) is 5.73 Å². The van der Waals surface area contributed by atoms with Crippen molar-refractivity contribution in [1.82, 2.24) is 9.97 Å². The molecular weight excluding hydrogens is 234 g/mol. The second-order valence-electron chi connectivity index (χ2n) is 2.62. The first-order chi connectivity index (χ1) is 6.18. The van der Waals surface area contributed by atoms with Crippen LogP contribution >= 0.6 is 15.9 Å². The van der Waals surface area contributed by atoms with Crippen LogP contribution in [0, 0.1) is 0 Å². The highest BCUT2D eigenvalue weighted by Crippen LogP contribution is 2.22. The second kappa shape index (κ2) is 2.85. The van der Waals surface area contributed by atoms with E-state index in [9.17, 15) is 4.79 Å². The highest BCUT2D eigenvalue weighted by molar-refractivity contribution is 9.10. The first-order valence-electron chi connectivity index (χ1n) is 3.61. The van der Waals surface area contributed by atoms with Crippen molar-refractivity contribution in [1.29, 1.82) is 0 Å². The summed E-state index contributed by atoms with van der Waals surface area (Å²) in [5, 5.41) is 0. The van der Waals surface area contributed by atoms with E-state index < -0.39 is 5.91 Å². The van der Waals surface area contributed by atoms with Crippen molar-refractivity contribution in [2.45, 2.75) is 0 Å². The lowest BCUT2D eigenvalue weighted by molar-refractivity contribution is 0.100. The Labute approximate surface area is 82.3 Å². The average molecular weight is 240 g/mol. The lowest BCUT2D eigenvalue weighted by atomic mass is 10.2. The third-order valence-electron chi connectivity index (χ3n) is 1.76. The molecule has 0 aliphatic rings. The zero-order chi connectivity index (χ0) is 9.42. The molecule has 0 unspecified atom stereocenters. The SMILES string of the molecule is NC(=O)c1cc(Br)c2nc[nH]c2c1. The molecule has 5 heteroatoms. The zero-order valence-corrected chi connectivity index (χ0v) is 8.13.